The molecule has 4 aromatic rings. The molecule has 4 aromatic carbocycles. The molecule has 164 valence electrons. The number of nitro benzene ring substituents is 1. The molecule has 33 heavy (non-hydrogen) atoms. The van der Waals surface area contributed by atoms with Crippen molar-refractivity contribution in [2.75, 3.05) is 0 Å². The van der Waals surface area contributed by atoms with Gasteiger partial charge in [0.15, 0.2) is 0 Å². The van der Waals surface area contributed by atoms with Crippen LogP contribution in [0.4, 0.5) is 5.69 Å². The number of fused-ring (bicyclic) bond motifs is 1. The highest BCUT2D eigenvalue weighted by molar-refractivity contribution is 6.03. The maximum absolute atomic E-state index is 12.5. The fourth-order valence-corrected chi connectivity index (χ4v) is 3.45. The number of nitrogens with one attached hydrogen (secondary N) is 1. The molecule has 4 rings (SSSR count). The Morgan fingerprint density at radius 3 is 2.48 bits per heavy atom. The smallest absolute Gasteiger partial charge is 0.271 e. The molecular weight excluding hydrogens is 418 g/mol. The van der Waals surface area contributed by atoms with Gasteiger partial charge < -0.3 is 4.74 Å². The van der Waals surface area contributed by atoms with E-state index in [4.69, 9.17) is 4.74 Å². The summed E-state index contributed by atoms with van der Waals surface area (Å²) in [6, 6.07) is 25.1. The maximum Gasteiger partial charge on any atom is 0.271 e. The Hall–Kier alpha value is -4.52. The van der Waals surface area contributed by atoms with E-state index < -0.39 is 4.92 Å². The summed E-state index contributed by atoms with van der Waals surface area (Å²) in [7, 11) is 0. The van der Waals surface area contributed by atoms with Gasteiger partial charge >= 0.3 is 0 Å². The molecule has 0 aromatic heterocycles. The van der Waals surface area contributed by atoms with E-state index in [1.165, 1.54) is 12.1 Å². The molecule has 0 heterocycles. The summed E-state index contributed by atoms with van der Waals surface area (Å²) in [4.78, 5) is 22.9. The predicted molar refractivity (Wildman–Crippen MR) is 128 cm³/mol. The van der Waals surface area contributed by atoms with Crippen molar-refractivity contribution in [1.82, 2.24) is 5.43 Å². The zero-order chi connectivity index (χ0) is 23.2. The first-order valence-electron chi connectivity index (χ1n) is 10.3. The molecule has 1 amide bonds. The largest absolute Gasteiger partial charge is 0.488 e. The van der Waals surface area contributed by atoms with Crippen molar-refractivity contribution in [3.63, 3.8) is 0 Å². The third-order valence-electron chi connectivity index (χ3n) is 5.22. The second-order valence-corrected chi connectivity index (χ2v) is 7.42. The van der Waals surface area contributed by atoms with Gasteiger partial charge in [0.2, 0.25) is 0 Å². The number of nitrogens with zero attached hydrogens (tertiary/aromatic N) is 2. The van der Waals surface area contributed by atoms with Gasteiger partial charge in [-0.25, -0.2) is 5.43 Å². The number of non-ortho nitro benzene ring substituents is 1. The van der Waals surface area contributed by atoms with E-state index in [9.17, 15) is 14.9 Å². The monoisotopic (exact) mass is 439 g/mol. The van der Waals surface area contributed by atoms with Gasteiger partial charge in [0.05, 0.1) is 11.1 Å². The lowest BCUT2D eigenvalue weighted by Gasteiger charge is -2.12. The lowest BCUT2D eigenvalue weighted by atomic mass is 10.0. The molecule has 0 spiro atoms. The van der Waals surface area contributed by atoms with Crippen LogP contribution < -0.4 is 10.2 Å². The molecule has 0 radical (unpaired) electrons. The Morgan fingerprint density at radius 1 is 1.00 bits per heavy atom. The van der Waals surface area contributed by atoms with Crippen LogP contribution in [0, 0.1) is 17.0 Å². The SMILES string of the molecule is Cc1ccccc1C(=O)N/N=C\c1c(OCc2ccc([N+](=O)[O-])cc2)ccc2ccccc12. The van der Waals surface area contributed by atoms with Gasteiger partial charge in [0.1, 0.15) is 12.4 Å². The summed E-state index contributed by atoms with van der Waals surface area (Å²) in [5.74, 6) is 0.291. The summed E-state index contributed by atoms with van der Waals surface area (Å²) in [5, 5.41) is 17.0. The minimum atomic E-state index is -0.437. The van der Waals surface area contributed by atoms with E-state index in [-0.39, 0.29) is 18.2 Å². The summed E-state index contributed by atoms with van der Waals surface area (Å²) >= 11 is 0. The summed E-state index contributed by atoms with van der Waals surface area (Å²) in [5.41, 5.74) is 5.55. The van der Waals surface area contributed by atoms with Crippen LogP contribution in [0.1, 0.15) is 27.0 Å². The van der Waals surface area contributed by atoms with Crippen molar-refractivity contribution in [2.45, 2.75) is 13.5 Å². The Morgan fingerprint density at radius 2 is 1.73 bits per heavy atom. The minimum Gasteiger partial charge on any atom is -0.488 e. The highest BCUT2D eigenvalue weighted by Gasteiger charge is 2.10. The van der Waals surface area contributed by atoms with Crippen molar-refractivity contribution < 1.29 is 14.5 Å². The number of benzene rings is 4. The quantitative estimate of drug-likeness (QED) is 0.237. The Kier molecular flexibility index (Phi) is 6.40. The third-order valence-corrected chi connectivity index (χ3v) is 5.22. The molecule has 1 N–H and O–H groups in total. The van der Waals surface area contributed by atoms with Crippen LogP contribution in [-0.2, 0) is 6.61 Å². The van der Waals surface area contributed by atoms with Gasteiger partial charge in [-0.05, 0) is 53.1 Å². The molecule has 7 heteroatoms. The van der Waals surface area contributed by atoms with Gasteiger partial charge in [-0.15, -0.1) is 0 Å². The molecular formula is C26H21N3O4. The number of nitro groups is 1. The zero-order valence-electron chi connectivity index (χ0n) is 17.9. The van der Waals surface area contributed by atoms with E-state index in [1.54, 1.807) is 30.5 Å². The Labute approximate surface area is 190 Å². The fraction of sp³-hybridized carbons (Fsp3) is 0.0769. The number of hydrogen-bond donors (Lipinski definition) is 1. The van der Waals surface area contributed by atoms with Crippen molar-refractivity contribution in [3.05, 3.63) is 117 Å². The molecule has 0 aliphatic heterocycles. The first-order chi connectivity index (χ1) is 16.0. The van der Waals surface area contributed by atoms with Crippen molar-refractivity contribution in [1.29, 1.82) is 0 Å². The highest BCUT2D eigenvalue weighted by Crippen LogP contribution is 2.27. The van der Waals surface area contributed by atoms with Gasteiger partial charge in [-0.3, -0.25) is 14.9 Å². The molecule has 0 saturated heterocycles. The number of hydrogen-bond acceptors (Lipinski definition) is 5. The topological polar surface area (TPSA) is 93.8 Å². The molecule has 0 aliphatic carbocycles. The van der Waals surface area contributed by atoms with Crippen LogP contribution in [0.2, 0.25) is 0 Å². The van der Waals surface area contributed by atoms with E-state index in [1.807, 2.05) is 55.5 Å². The molecule has 0 atom stereocenters. The number of rotatable bonds is 7. The van der Waals surface area contributed by atoms with Gasteiger partial charge in [-0.1, -0.05) is 48.5 Å². The summed E-state index contributed by atoms with van der Waals surface area (Å²) in [6.07, 6.45) is 1.57. The molecule has 7 nitrogen and oxygen atoms in total. The highest BCUT2D eigenvalue weighted by atomic mass is 16.6. The van der Waals surface area contributed by atoms with E-state index >= 15 is 0 Å². The Balaban J connectivity index is 1.57. The number of amides is 1. The van der Waals surface area contributed by atoms with Crippen LogP contribution in [0.25, 0.3) is 10.8 Å². The molecule has 0 saturated carbocycles. The molecule has 0 bridgehead atoms. The van der Waals surface area contributed by atoms with Crippen LogP contribution in [0.3, 0.4) is 0 Å². The van der Waals surface area contributed by atoms with Gasteiger partial charge in [0.25, 0.3) is 11.6 Å². The van der Waals surface area contributed by atoms with E-state index in [2.05, 4.69) is 10.5 Å². The van der Waals surface area contributed by atoms with Crippen LogP contribution in [-0.4, -0.2) is 17.0 Å². The van der Waals surface area contributed by atoms with E-state index in [0.29, 0.717) is 11.3 Å². The van der Waals surface area contributed by atoms with Crippen molar-refractivity contribution in [2.24, 2.45) is 5.10 Å². The normalized spacial score (nSPS) is 10.9. The van der Waals surface area contributed by atoms with Crippen LogP contribution >= 0.6 is 0 Å². The second-order valence-electron chi connectivity index (χ2n) is 7.42. The van der Waals surface area contributed by atoms with Crippen molar-refractivity contribution >= 4 is 28.6 Å². The minimum absolute atomic E-state index is 0.0293. The van der Waals surface area contributed by atoms with Gasteiger partial charge in [0, 0.05) is 23.3 Å². The number of ether oxygens (including phenoxy) is 1. The summed E-state index contributed by atoms with van der Waals surface area (Å²) < 4.78 is 6.02. The molecule has 0 fully saturated rings. The first kappa shape index (κ1) is 21.7. The van der Waals surface area contributed by atoms with Crippen molar-refractivity contribution in [3.8, 4) is 5.75 Å². The third kappa shape index (κ3) is 5.04. The standard InChI is InChI=1S/C26H21N3O4/c1-18-6-2-4-8-22(18)26(30)28-27-16-24-23-9-5-3-7-20(23)12-15-25(24)33-17-19-10-13-21(14-11-19)29(31)32/h2-16H,17H2,1H3,(H,28,30)/b27-16-. The fourth-order valence-electron chi connectivity index (χ4n) is 3.45. The summed E-state index contributed by atoms with van der Waals surface area (Å²) in [6.45, 7) is 2.10. The maximum atomic E-state index is 12.5. The Bertz CT molecular complexity index is 1350. The van der Waals surface area contributed by atoms with E-state index in [0.717, 1.165) is 27.5 Å². The average molecular weight is 439 g/mol. The van der Waals surface area contributed by atoms with Crippen LogP contribution in [0.15, 0.2) is 90.0 Å². The van der Waals surface area contributed by atoms with Gasteiger partial charge in [-0.2, -0.15) is 5.10 Å². The lowest BCUT2D eigenvalue weighted by Crippen LogP contribution is -2.18. The number of aryl methyl sites for hydroxylation is 1. The number of hydrazone groups is 1. The molecule has 0 unspecified atom stereocenters. The molecule has 0 aliphatic rings. The number of carbonyl (C=O) groups excluding carboxylic acids is 1. The average Bonchev–Trinajstić information content (AvgIpc) is 2.83. The van der Waals surface area contributed by atoms with Crippen LogP contribution in [0.5, 0.6) is 5.75 Å². The second kappa shape index (κ2) is 9.74. The first-order valence-corrected chi connectivity index (χ1v) is 10.3. The predicted octanol–water partition coefficient (Wildman–Crippen LogP) is 5.40. The number of carbonyl (C=O) groups is 1. The zero-order valence-corrected chi connectivity index (χ0v) is 17.9. The lowest BCUT2D eigenvalue weighted by molar-refractivity contribution is -0.384.